The fourth-order valence-electron chi connectivity index (χ4n) is 5.08. The molecule has 0 spiro atoms. The minimum absolute atomic E-state index is 0.00436. The molecule has 0 aliphatic rings. The van der Waals surface area contributed by atoms with Gasteiger partial charge in [-0.15, -0.1) is 0 Å². The van der Waals surface area contributed by atoms with Crippen LogP contribution in [0.5, 0.6) is 0 Å². The summed E-state index contributed by atoms with van der Waals surface area (Å²) in [7, 11) is -3.29. The summed E-state index contributed by atoms with van der Waals surface area (Å²) in [4.78, 5) is 12.5. The number of carbonyl (C=O) groups is 1. The van der Waals surface area contributed by atoms with Crippen LogP contribution >= 0.6 is 0 Å². The molecule has 1 N–H and O–H groups in total. The van der Waals surface area contributed by atoms with Crippen LogP contribution in [0.1, 0.15) is 86.3 Å². The van der Waals surface area contributed by atoms with E-state index in [1.165, 1.54) is 18.4 Å². The lowest BCUT2D eigenvalue weighted by molar-refractivity contribution is 0.0950. The molecule has 0 aliphatic carbocycles. The van der Waals surface area contributed by atoms with Crippen molar-refractivity contribution in [2.24, 2.45) is 0 Å². The van der Waals surface area contributed by atoms with E-state index in [9.17, 15) is 22.0 Å². The van der Waals surface area contributed by atoms with Crippen LogP contribution in [0.25, 0.3) is 0 Å². The maximum atomic E-state index is 13.4. The van der Waals surface area contributed by atoms with Gasteiger partial charge in [0.25, 0.3) is 5.91 Å². The number of amides is 1. The summed E-state index contributed by atoms with van der Waals surface area (Å²) in [6, 6.07) is 21.4. The van der Waals surface area contributed by atoms with E-state index in [1.807, 2.05) is 36.4 Å². The van der Waals surface area contributed by atoms with E-state index in [2.05, 4.69) is 33.0 Å². The van der Waals surface area contributed by atoms with E-state index in [4.69, 9.17) is 0 Å². The number of nitrogens with one attached hydrogen (secondary N) is 1. The zero-order valence-electron chi connectivity index (χ0n) is 24.1. The highest BCUT2D eigenvalue weighted by Gasteiger charge is 2.31. The molecular weight excluding hydrogens is 528 g/mol. The molecule has 40 heavy (non-hydrogen) atoms. The molecule has 3 aromatic carbocycles. The number of carbonyl (C=O) groups excluding carboxylic acids is 1. The van der Waals surface area contributed by atoms with Crippen molar-refractivity contribution in [2.75, 3.05) is 19.5 Å². The highest BCUT2D eigenvalue weighted by Crippen LogP contribution is 2.41. The van der Waals surface area contributed by atoms with E-state index < -0.39 is 16.5 Å². The topological polar surface area (TPSA) is 63.2 Å². The van der Waals surface area contributed by atoms with Gasteiger partial charge in [-0.05, 0) is 95.5 Å². The van der Waals surface area contributed by atoms with Gasteiger partial charge in [-0.25, -0.2) is 17.2 Å². The van der Waals surface area contributed by atoms with Crippen molar-refractivity contribution in [1.82, 2.24) is 5.32 Å². The Balaban J connectivity index is 1.81. The van der Waals surface area contributed by atoms with Crippen LogP contribution in [0.3, 0.4) is 0 Å². The molecule has 0 aliphatic heterocycles. The molecule has 0 aromatic heterocycles. The predicted octanol–water partition coefficient (Wildman–Crippen LogP) is 7.53. The standard InChI is InChI=1S/C33H41F2NO3S/c1-24(25-8-14-29(35)15-9-25)18-19-33(4,28-12-16-30(17-13-28)40(5,38)39)21-20-32(2,3)27-10-6-26(7-11-27)31(37)36-23-22-34/h6-17,24H,18-23H2,1-5H3,(H,36,37). The molecule has 7 heteroatoms. The number of hydrogen-bond acceptors (Lipinski definition) is 3. The first-order valence-electron chi connectivity index (χ1n) is 13.8. The SMILES string of the molecule is CC(CCC(C)(CCC(C)(C)c1ccc(C(=O)NCCF)cc1)c1ccc(S(C)(=O)=O)cc1)c1ccc(F)cc1. The Kier molecular flexibility index (Phi) is 10.3. The van der Waals surface area contributed by atoms with Gasteiger partial charge < -0.3 is 5.32 Å². The van der Waals surface area contributed by atoms with E-state index in [1.54, 1.807) is 24.3 Å². The van der Waals surface area contributed by atoms with Crippen LogP contribution in [0.4, 0.5) is 8.78 Å². The van der Waals surface area contributed by atoms with Crippen molar-refractivity contribution in [3.8, 4) is 0 Å². The number of halogens is 2. The van der Waals surface area contributed by atoms with Gasteiger partial charge in [-0.2, -0.15) is 0 Å². The Labute approximate surface area is 238 Å². The zero-order valence-corrected chi connectivity index (χ0v) is 25.0. The monoisotopic (exact) mass is 569 g/mol. The third-order valence-corrected chi connectivity index (χ3v) is 9.29. The fraction of sp³-hybridized carbons (Fsp3) is 0.424. The molecule has 0 bridgehead atoms. The van der Waals surface area contributed by atoms with Crippen LogP contribution in [0.15, 0.2) is 77.7 Å². The predicted molar refractivity (Wildman–Crippen MR) is 158 cm³/mol. The molecule has 2 atom stereocenters. The first-order chi connectivity index (χ1) is 18.7. The summed E-state index contributed by atoms with van der Waals surface area (Å²) in [5, 5.41) is 2.55. The van der Waals surface area contributed by atoms with Crippen molar-refractivity contribution in [3.05, 3.63) is 101 Å². The molecule has 2 unspecified atom stereocenters. The lowest BCUT2D eigenvalue weighted by atomic mass is 9.69. The van der Waals surface area contributed by atoms with E-state index in [-0.39, 0.29) is 35.0 Å². The molecule has 0 radical (unpaired) electrons. The van der Waals surface area contributed by atoms with Crippen molar-refractivity contribution in [3.63, 3.8) is 0 Å². The minimum Gasteiger partial charge on any atom is -0.349 e. The van der Waals surface area contributed by atoms with E-state index in [0.29, 0.717) is 10.5 Å². The lowest BCUT2D eigenvalue weighted by Gasteiger charge is -2.36. The molecule has 0 saturated heterocycles. The fourth-order valence-corrected chi connectivity index (χ4v) is 5.71. The maximum absolute atomic E-state index is 13.4. The Morgan fingerprint density at radius 2 is 1.43 bits per heavy atom. The quantitative estimate of drug-likeness (QED) is 0.231. The molecule has 0 heterocycles. The van der Waals surface area contributed by atoms with Gasteiger partial charge in [0, 0.05) is 18.4 Å². The highest BCUT2D eigenvalue weighted by molar-refractivity contribution is 7.90. The van der Waals surface area contributed by atoms with E-state index >= 15 is 0 Å². The summed E-state index contributed by atoms with van der Waals surface area (Å²) >= 11 is 0. The van der Waals surface area contributed by atoms with Crippen molar-refractivity contribution in [1.29, 1.82) is 0 Å². The molecule has 4 nitrogen and oxygen atoms in total. The summed E-state index contributed by atoms with van der Waals surface area (Å²) in [6.45, 7) is 8.13. The second-order valence-electron chi connectivity index (χ2n) is 11.8. The van der Waals surface area contributed by atoms with Crippen LogP contribution in [0, 0.1) is 5.82 Å². The Bertz CT molecular complexity index is 1370. The van der Waals surface area contributed by atoms with Crippen LogP contribution in [-0.4, -0.2) is 33.8 Å². The smallest absolute Gasteiger partial charge is 0.251 e. The average Bonchev–Trinajstić information content (AvgIpc) is 2.93. The van der Waals surface area contributed by atoms with Crippen LogP contribution < -0.4 is 5.32 Å². The molecule has 3 rings (SSSR count). The lowest BCUT2D eigenvalue weighted by Crippen LogP contribution is -2.28. The van der Waals surface area contributed by atoms with Gasteiger partial charge in [-0.1, -0.05) is 64.1 Å². The van der Waals surface area contributed by atoms with Crippen LogP contribution in [-0.2, 0) is 20.7 Å². The van der Waals surface area contributed by atoms with Gasteiger partial charge in [-0.3, -0.25) is 4.79 Å². The number of alkyl halides is 1. The normalized spacial score (nSPS) is 14.4. The first-order valence-corrected chi connectivity index (χ1v) is 15.7. The van der Waals surface area contributed by atoms with Gasteiger partial charge in [0.15, 0.2) is 9.84 Å². The zero-order chi connectivity index (χ0) is 29.6. The third-order valence-electron chi connectivity index (χ3n) is 8.16. The molecule has 216 valence electrons. The van der Waals surface area contributed by atoms with Gasteiger partial charge in [0.1, 0.15) is 12.5 Å². The number of hydrogen-bond donors (Lipinski definition) is 1. The Morgan fingerprint density at radius 1 is 0.850 bits per heavy atom. The third kappa shape index (κ3) is 8.23. The van der Waals surface area contributed by atoms with Crippen molar-refractivity contribution >= 4 is 15.7 Å². The van der Waals surface area contributed by atoms with Gasteiger partial charge in [0.05, 0.1) is 4.90 Å². The van der Waals surface area contributed by atoms with Crippen LogP contribution in [0.2, 0.25) is 0 Å². The average molecular weight is 570 g/mol. The molecule has 0 saturated carbocycles. The summed E-state index contributed by atoms with van der Waals surface area (Å²) in [5.41, 5.74) is 3.36. The summed E-state index contributed by atoms with van der Waals surface area (Å²) in [6.07, 6.45) is 4.68. The summed E-state index contributed by atoms with van der Waals surface area (Å²) < 4.78 is 50.0. The summed E-state index contributed by atoms with van der Waals surface area (Å²) in [5.74, 6) is -0.302. The first kappa shape index (κ1) is 31.5. The minimum atomic E-state index is -3.29. The molecule has 3 aromatic rings. The van der Waals surface area contributed by atoms with Gasteiger partial charge in [0.2, 0.25) is 0 Å². The molecule has 0 fully saturated rings. The largest absolute Gasteiger partial charge is 0.349 e. The van der Waals surface area contributed by atoms with E-state index in [0.717, 1.165) is 42.4 Å². The number of sulfone groups is 1. The second kappa shape index (κ2) is 13.1. The van der Waals surface area contributed by atoms with Gasteiger partial charge >= 0.3 is 0 Å². The van der Waals surface area contributed by atoms with Crippen molar-refractivity contribution < 1.29 is 22.0 Å². The Hall–Kier alpha value is -3.06. The Morgan fingerprint density at radius 3 is 1.98 bits per heavy atom. The molecular formula is C33H41F2NO3S. The highest BCUT2D eigenvalue weighted by atomic mass is 32.2. The number of benzene rings is 3. The molecule has 1 amide bonds. The van der Waals surface area contributed by atoms with Crippen molar-refractivity contribution in [2.45, 2.75) is 75.0 Å². The number of rotatable bonds is 13. The maximum Gasteiger partial charge on any atom is 0.251 e. The second-order valence-corrected chi connectivity index (χ2v) is 13.8.